The lowest BCUT2D eigenvalue weighted by atomic mass is 9.81. The third kappa shape index (κ3) is 5.98. The van der Waals surface area contributed by atoms with E-state index < -0.39 is 5.41 Å². The molecule has 4 rings (SSSR count). The van der Waals surface area contributed by atoms with Crippen molar-refractivity contribution in [1.29, 1.82) is 0 Å². The van der Waals surface area contributed by atoms with Crippen molar-refractivity contribution >= 4 is 23.4 Å². The Morgan fingerprint density at radius 3 is 2.39 bits per heavy atom. The fraction of sp³-hybridized carbons (Fsp3) is 0.276. The summed E-state index contributed by atoms with van der Waals surface area (Å²) in [5, 5.41) is 1.07. The lowest BCUT2D eigenvalue weighted by Gasteiger charge is -2.28. The Kier molecular flexibility index (Phi) is 8.97. The summed E-state index contributed by atoms with van der Waals surface area (Å²) >= 11 is 7.59. The molecule has 1 aromatic heterocycles. The number of benzene rings is 3. The van der Waals surface area contributed by atoms with E-state index in [0.717, 1.165) is 22.1 Å². The van der Waals surface area contributed by atoms with Crippen molar-refractivity contribution in [2.24, 2.45) is 0 Å². The standard InChI is InChI=1S/C29H29ClF2N2O3S/c1-29(2,19-8-13-25(35-3)26(16-19)36-4)27-17-33-28(34(27)21-11-9-20(31)10-12-21)38-15-14-37-18-22-23(30)6-5-7-24(22)32/h5-13,16-17H,14-15,18H2,1-4H3. The van der Waals surface area contributed by atoms with Crippen LogP contribution in [0.4, 0.5) is 8.78 Å². The topological polar surface area (TPSA) is 45.5 Å². The van der Waals surface area contributed by atoms with E-state index in [9.17, 15) is 8.78 Å². The Labute approximate surface area is 230 Å². The first-order chi connectivity index (χ1) is 18.3. The molecular formula is C29H29ClF2N2O3S. The highest BCUT2D eigenvalue weighted by atomic mass is 35.5. The molecule has 9 heteroatoms. The number of ether oxygens (including phenoxy) is 3. The number of methoxy groups -OCH3 is 2. The van der Waals surface area contributed by atoms with E-state index in [2.05, 4.69) is 13.8 Å². The van der Waals surface area contributed by atoms with Gasteiger partial charge in [-0.1, -0.05) is 49.3 Å². The number of nitrogens with zero attached hydrogens (tertiary/aromatic N) is 2. The van der Waals surface area contributed by atoms with Gasteiger partial charge in [-0.2, -0.15) is 0 Å². The summed E-state index contributed by atoms with van der Waals surface area (Å²) in [5.41, 5.74) is 2.55. The molecule has 0 fully saturated rings. The van der Waals surface area contributed by atoms with Gasteiger partial charge in [0.05, 0.1) is 39.3 Å². The van der Waals surface area contributed by atoms with Crippen LogP contribution in [0.2, 0.25) is 5.02 Å². The first kappa shape index (κ1) is 28.0. The molecule has 0 saturated carbocycles. The number of hydrogen-bond donors (Lipinski definition) is 0. The van der Waals surface area contributed by atoms with Gasteiger partial charge in [-0.05, 0) is 54.1 Å². The van der Waals surface area contributed by atoms with Crippen molar-refractivity contribution in [3.63, 3.8) is 0 Å². The number of rotatable bonds is 11. The van der Waals surface area contributed by atoms with E-state index in [1.54, 1.807) is 38.5 Å². The van der Waals surface area contributed by atoms with E-state index in [0.29, 0.717) is 34.4 Å². The Bertz CT molecular complexity index is 1370. The molecule has 0 atom stereocenters. The minimum Gasteiger partial charge on any atom is -0.493 e. The zero-order valence-electron chi connectivity index (χ0n) is 21.6. The van der Waals surface area contributed by atoms with Crippen LogP contribution in [0.15, 0.2) is 72.0 Å². The van der Waals surface area contributed by atoms with E-state index in [1.807, 2.05) is 29.0 Å². The van der Waals surface area contributed by atoms with Crippen LogP contribution in [0.1, 0.15) is 30.7 Å². The molecule has 0 aliphatic rings. The third-order valence-electron chi connectivity index (χ3n) is 6.33. The Hall–Kier alpha value is -3.07. The lowest BCUT2D eigenvalue weighted by Crippen LogP contribution is -2.23. The van der Waals surface area contributed by atoms with Crippen LogP contribution >= 0.6 is 23.4 Å². The SMILES string of the molecule is COc1ccc(C(C)(C)c2cnc(SCCOCc3c(F)cccc3Cl)n2-c2ccc(F)cc2)cc1OC. The summed E-state index contributed by atoms with van der Waals surface area (Å²) < 4.78 is 46.4. The largest absolute Gasteiger partial charge is 0.493 e. The maximum absolute atomic E-state index is 14.0. The molecule has 3 aromatic carbocycles. The third-order valence-corrected chi connectivity index (χ3v) is 7.60. The van der Waals surface area contributed by atoms with Crippen LogP contribution < -0.4 is 9.47 Å². The molecule has 0 amide bonds. The monoisotopic (exact) mass is 558 g/mol. The minimum absolute atomic E-state index is 0.0794. The molecule has 0 unspecified atom stereocenters. The fourth-order valence-electron chi connectivity index (χ4n) is 4.13. The maximum Gasteiger partial charge on any atom is 0.172 e. The van der Waals surface area contributed by atoms with Crippen molar-refractivity contribution in [2.75, 3.05) is 26.6 Å². The van der Waals surface area contributed by atoms with Gasteiger partial charge < -0.3 is 14.2 Å². The average Bonchev–Trinajstić information content (AvgIpc) is 3.34. The molecule has 0 radical (unpaired) electrons. The molecule has 4 aromatic rings. The van der Waals surface area contributed by atoms with Gasteiger partial charge in [0.2, 0.25) is 0 Å². The molecule has 0 N–H and O–H groups in total. The zero-order chi connectivity index (χ0) is 27.3. The Balaban J connectivity index is 1.59. The van der Waals surface area contributed by atoms with Gasteiger partial charge in [0.15, 0.2) is 16.7 Å². The minimum atomic E-state index is -0.488. The molecule has 0 aliphatic heterocycles. The molecular weight excluding hydrogens is 530 g/mol. The highest BCUT2D eigenvalue weighted by Crippen LogP contribution is 2.39. The van der Waals surface area contributed by atoms with Crippen LogP contribution in [-0.4, -0.2) is 36.1 Å². The van der Waals surface area contributed by atoms with Crippen LogP contribution in [0.25, 0.3) is 5.69 Å². The second-order valence-corrected chi connectivity index (χ2v) is 10.5. The molecule has 0 aliphatic carbocycles. The van der Waals surface area contributed by atoms with Gasteiger partial charge in [0.25, 0.3) is 0 Å². The molecule has 0 saturated heterocycles. The second-order valence-electron chi connectivity index (χ2n) is 9.03. The fourth-order valence-corrected chi connectivity index (χ4v) is 5.19. The van der Waals surface area contributed by atoms with Gasteiger partial charge in [-0.25, -0.2) is 13.8 Å². The number of aromatic nitrogens is 2. The predicted octanol–water partition coefficient (Wildman–Crippen LogP) is 7.46. The number of halogens is 3. The first-order valence-corrected chi connectivity index (χ1v) is 13.3. The second kappa shape index (κ2) is 12.2. The van der Waals surface area contributed by atoms with E-state index in [4.69, 9.17) is 30.8 Å². The van der Waals surface area contributed by atoms with E-state index in [-0.39, 0.29) is 18.2 Å². The summed E-state index contributed by atoms with van der Waals surface area (Å²) in [5.74, 6) is 1.14. The summed E-state index contributed by atoms with van der Waals surface area (Å²) in [6.45, 7) is 4.64. The molecule has 1 heterocycles. The molecule has 200 valence electrons. The van der Waals surface area contributed by atoms with Crippen molar-refractivity contribution < 1.29 is 23.0 Å². The van der Waals surface area contributed by atoms with Gasteiger partial charge in [-0.15, -0.1) is 0 Å². The number of thioether (sulfide) groups is 1. The normalized spacial score (nSPS) is 11.6. The molecule has 0 bridgehead atoms. The summed E-state index contributed by atoms with van der Waals surface area (Å²) in [4.78, 5) is 4.71. The van der Waals surface area contributed by atoms with Crippen molar-refractivity contribution in [1.82, 2.24) is 9.55 Å². The van der Waals surface area contributed by atoms with Gasteiger partial charge in [-0.3, -0.25) is 4.57 Å². The van der Waals surface area contributed by atoms with Crippen LogP contribution in [0.3, 0.4) is 0 Å². The number of imidazole rings is 1. The van der Waals surface area contributed by atoms with Crippen LogP contribution in [0, 0.1) is 11.6 Å². The van der Waals surface area contributed by atoms with Crippen molar-refractivity contribution in [3.8, 4) is 17.2 Å². The first-order valence-electron chi connectivity index (χ1n) is 12.0. The van der Waals surface area contributed by atoms with E-state index >= 15 is 0 Å². The Morgan fingerprint density at radius 2 is 1.71 bits per heavy atom. The Morgan fingerprint density at radius 1 is 0.974 bits per heavy atom. The molecule has 5 nitrogen and oxygen atoms in total. The highest BCUT2D eigenvalue weighted by Gasteiger charge is 2.30. The summed E-state index contributed by atoms with van der Waals surface area (Å²) in [6.07, 6.45) is 1.84. The average molecular weight is 559 g/mol. The van der Waals surface area contributed by atoms with Crippen LogP contribution in [0.5, 0.6) is 11.5 Å². The van der Waals surface area contributed by atoms with Gasteiger partial charge >= 0.3 is 0 Å². The lowest BCUT2D eigenvalue weighted by molar-refractivity contribution is 0.134. The quantitative estimate of drug-likeness (QED) is 0.141. The van der Waals surface area contributed by atoms with Gasteiger partial charge in [0.1, 0.15) is 11.6 Å². The van der Waals surface area contributed by atoms with E-state index in [1.165, 1.54) is 30.0 Å². The zero-order valence-corrected chi connectivity index (χ0v) is 23.2. The van der Waals surface area contributed by atoms with Crippen LogP contribution in [-0.2, 0) is 16.8 Å². The maximum atomic E-state index is 14.0. The summed E-state index contributed by atoms with van der Waals surface area (Å²) in [7, 11) is 3.21. The van der Waals surface area contributed by atoms with Gasteiger partial charge in [0, 0.05) is 27.4 Å². The molecule has 38 heavy (non-hydrogen) atoms. The smallest absolute Gasteiger partial charge is 0.172 e. The summed E-state index contributed by atoms with van der Waals surface area (Å²) in [6, 6.07) is 16.7. The molecule has 0 spiro atoms. The van der Waals surface area contributed by atoms with Crippen molar-refractivity contribution in [3.05, 3.63) is 100 Å². The predicted molar refractivity (Wildman–Crippen MR) is 147 cm³/mol. The van der Waals surface area contributed by atoms with Crippen molar-refractivity contribution in [2.45, 2.75) is 31.0 Å². The highest BCUT2D eigenvalue weighted by molar-refractivity contribution is 7.99. The number of hydrogen-bond acceptors (Lipinski definition) is 5.